The molecule has 24 heavy (non-hydrogen) atoms. The van der Waals surface area contributed by atoms with Crippen molar-refractivity contribution in [3.63, 3.8) is 0 Å². The van der Waals surface area contributed by atoms with Gasteiger partial charge in [-0.25, -0.2) is 15.0 Å². The number of anilines is 1. The lowest BCUT2D eigenvalue weighted by atomic mass is 10.0. The number of hydrogen-bond acceptors (Lipinski definition) is 5. The van der Waals surface area contributed by atoms with E-state index in [-0.39, 0.29) is 0 Å². The van der Waals surface area contributed by atoms with Crippen LogP contribution in [0.25, 0.3) is 20.4 Å². The van der Waals surface area contributed by atoms with Crippen LogP contribution in [0.15, 0.2) is 6.33 Å². The summed E-state index contributed by atoms with van der Waals surface area (Å²) in [6, 6.07) is 0. The summed E-state index contributed by atoms with van der Waals surface area (Å²) in [7, 11) is 0. The zero-order valence-corrected chi connectivity index (χ0v) is 15.0. The van der Waals surface area contributed by atoms with Crippen LogP contribution in [0, 0.1) is 0 Å². The van der Waals surface area contributed by atoms with Crippen molar-refractivity contribution in [2.24, 2.45) is 0 Å². The van der Waals surface area contributed by atoms with Crippen molar-refractivity contribution in [3.8, 4) is 0 Å². The Balaban J connectivity index is 1.80. The molecule has 0 bridgehead atoms. The molecule has 5 heteroatoms. The molecule has 0 atom stereocenters. The standard InChI is InChI=1S/C19H22N4S/c1-2-6-14-12-7-5-8-13(12)15-16-17(24-19(15)22-14)18(21-11-20-16)23-9-3-4-10-23/h11H,2-10H2,1H3. The minimum atomic E-state index is 1.09. The van der Waals surface area contributed by atoms with E-state index in [0.717, 1.165) is 37.3 Å². The Kier molecular flexibility index (Phi) is 3.44. The van der Waals surface area contributed by atoms with Gasteiger partial charge in [0.05, 0.1) is 10.2 Å². The van der Waals surface area contributed by atoms with Crippen molar-refractivity contribution in [2.45, 2.75) is 51.9 Å². The highest BCUT2D eigenvalue weighted by atomic mass is 32.1. The van der Waals surface area contributed by atoms with Gasteiger partial charge in [0.15, 0.2) is 0 Å². The van der Waals surface area contributed by atoms with Gasteiger partial charge in [0.1, 0.15) is 17.0 Å². The first-order valence-corrected chi connectivity index (χ1v) is 10.0. The average molecular weight is 338 g/mol. The highest BCUT2D eigenvalue weighted by molar-refractivity contribution is 7.26. The van der Waals surface area contributed by atoms with E-state index in [9.17, 15) is 0 Å². The Hall–Kier alpha value is -1.75. The summed E-state index contributed by atoms with van der Waals surface area (Å²) in [5.74, 6) is 1.13. The SMILES string of the molecule is CCCc1nc2sc3c(N4CCCC4)ncnc3c2c2c1CCC2. The predicted molar refractivity (Wildman–Crippen MR) is 100 cm³/mol. The molecule has 0 radical (unpaired) electrons. The second-order valence-electron chi connectivity index (χ2n) is 6.97. The van der Waals surface area contributed by atoms with Crippen LogP contribution in [0.1, 0.15) is 49.4 Å². The van der Waals surface area contributed by atoms with Gasteiger partial charge in [-0.2, -0.15) is 0 Å². The average Bonchev–Trinajstić information content (AvgIpc) is 3.32. The molecule has 4 heterocycles. The van der Waals surface area contributed by atoms with E-state index in [1.807, 2.05) is 0 Å². The first kappa shape index (κ1) is 14.6. The maximum atomic E-state index is 5.07. The Morgan fingerprint density at radius 3 is 2.75 bits per heavy atom. The summed E-state index contributed by atoms with van der Waals surface area (Å²) in [6.07, 6.45) is 10.2. The van der Waals surface area contributed by atoms with Crippen LogP contribution >= 0.6 is 11.3 Å². The maximum Gasteiger partial charge on any atom is 0.150 e. The van der Waals surface area contributed by atoms with E-state index in [4.69, 9.17) is 4.98 Å². The van der Waals surface area contributed by atoms with Gasteiger partial charge in [-0.3, -0.25) is 0 Å². The first-order chi connectivity index (χ1) is 11.9. The molecule has 1 aliphatic carbocycles. The van der Waals surface area contributed by atoms with Gasteiger partial charge in [-0.1, -0.05) is 13.3 Å². The smallest absolute Gasteiger partial charge is 0.150 e. The highest BCUT2D eigenvalue weighted by Gasteiger charge is 2.25. The largest absolute Gasteiger partial charge is 0.355 e. The lowest BCUT2D eigenvalue weighted by molar-refractivity contribution is 0.856. The number of nitrogens with zero attached hydrogens (tertiary/aromatic N) is 4. The van der Waals surface area contributed by atoms with Crippen LogP contribution < -0.4 is 4.90 Å². The van der Waals surface area contributed by atoms with Crippen LogP contribution in [-0.4, -0.2) is 28.0 Å². The molecule has 0 aromatic carbocycles. The topological polar surface area (TPSA) is 41.9 Å². The number of aryl methyl sites for hydroxylation is 2. The molecule has 2 aliphatic rings. The van der Waals surface area contributed by atoms with Gasteiger partial charge in [-0.15, -0.1) is 11.3 Å². The summed E-state index contributed by atoms with van der Waals surface area (Å²) < 4.78 is 1.24. The Bertz CT molecular complexity index is 924. The summed E-state index contributed by atoms with van der Waals surface area (Å²) in [6.45, 7) is 4.48. The fraction of sp³-hybridized carbons (Fsp3) is 0.526. The molecule has 3 aromatic rings. The van der Waals surface area contributed by atoms with E-state index in [2.05, 4.69) is 21.8 Å². The normalized spacial score (nSPS) is 17.3. The highest BCUT2D eigenvalue weighted by Crippen LogP contribution is 2.42. The van der Waals surface area contributed by atoms with Crippen LogP contribution in [0.2, 0.25) is 0 Å². The molecule has 3 aromatic heterocycles. The van der Waals surface area contributed by atoms with Gasteiger partial charge >= 0.3 is 0 Å². The van der Waals surface area contributed by atoms with Crippen molar-refractivity contribution in [3.05, 3.63) is 23.1 Å². The van der Waals surface area contributed by atoms with E-state index in [1.54, 1.807) is 17.7 Å². The van der Waals surface area contributed by atoms with E-state index in [0.29, 0.717) is 0 Å². The summed E-state index contributed by atoms with van der Waals surface area (Å²) in [5, 5.41) is 1.32. The third-order valence-electron chi connectivity index (χ3n) is 5.43. The van der Waals surface area contributed by atoms with Gasteiger partial charge in [-0.05, 0) is 49.7 Å². The van der Waals surface area contributed by atoms with Crippen molar-refractivity contribution in [1.29, 1.82) is 0 Å². The second-order valence-corrected chi connectivity index (χ2v) is 7.97. The van der Waals surface area contributed by atoms with Gasteiger partial charge in [0.2, 0.25) is 0 Å². The molecule has 124 valence electrons. The second kappa shape index (κ2) is 5.66. The molecule has 0 spiro atoms. The first-order valence-electron chi connectivity index (χ1n) is 9.19. The van der Waals surface area contributed by atoms with Crippen LogP contribution in [0.4, 0.5) is 5.82 Å². The molecule has 5 rings (SSSR count). The summed E-state index contributed by atoms with van der Waals surface area (Å²) in [5.41, 5.74) is 5.52. The Morgan fingerprint density at radius 2 is 1.92 bits per heavy atom. The third-order valence-corrected chi connectivity index (χ3v) is 6.50. The zero-order chi connectivity index (χ0) is 16.1. The molecule has 0 unspecified atom stereocenters. The van der Waals surface area contributed by atoms with E-state index in [1.165, 1.54) is 63.8 Å². The molecule has 1 aliphatic heterocycles. The quantitative estimate of drug-likeness (QED) is 0.715. The molecule has 4 nitrogen and oxygen atoms in total. The fourth-order valence-corrected chi connectivity index (χ4v) is 5.56. The van der Waals surface area contributed by atoms with Crippen molar-refractivity contribution in [2.75, 3.05) is 18.0 Å². The predicted octanol–water partition coefficient (Wildman–Crippen LogP) is 4.28. The lowest BCUT2D eigenvalue weighted by Crippen LogP contribution is -2.18. The lowest BCUT2D eigenvalue weighted by Gasteiger charge is -2.16. The summed E-state index contributed by atoms with van der Waals surface area (Å²) >= 11 is 1.80. The van der Waals surface area contributed by atoms with E-state index < -0.39 is 0 Å². The molecule has 0 N–H and O–H groups in total. The molecular weight excluding hydrogens is 316 g/mol. The summed E-state index contributed by atoms with van der Waals surface area (Å²) in [4.78, 5) is 18.0. The number of rotatable bonds is 3. The van der Waals surface area contributed by atoms with Gasteiger partial charge < -0.3 is 4.90 Å². The number of hydrogen-bond donors (Lipinski definition) is 0. The van der Waals surface area contributed by atoms with Crippen molar-refractivity contribution < 1.29 is 0 Å². The van der Waals surface area contributed by atoms with Crippen LogP contribution in [-0.2, 0) is 19.3 Å². The van der Waals surface area contributed by atoms with Crippen molar-refractivity contribution >= 4 is 37.6 Å². The Morgan fingerprint density at radius 1 is 1.08 bits per heavy atom. The minimum absolute atomic E-state index is 1.09. The van der Waals surface area contributed by atoms with Crippen LogP contribution in [0.3, 0.4) is 0 Å². The molecule has 1 fully saturated rings. The minimum Gasteiger partial charge on any atom is -0.355 e. The third kappa shape index (κ3) is 2.07. The molecular formula is C19H22N4S. The maximum absolute atomic E-state index is 5.07. The molecule has 0 amide bonds. The zero-order valence-electron chi connectivity index (χ0n) is 14.1. The number of pyridine rings is 1. The van der Waals surface area contributed by atoms with Crippen LogP contribution in [0.5, 0.6) is 0 Å². The number of fused-ring (bicyclic) bond motifs is 5. The van der Waals surface area contributed by atoms with E-state index >= 15 is 0 Å². The monoisotopic (exact) mass is 338 g/mol. The van der Waals surface area contributed by atoms with Crippen molar-refractivity contribution in [1.82, 2.24) is 15.0 Å². The number of thiophene rings is 1. The number of aromatic nitrogens is 3. The Labute approximate surface area is 145 Å². The van der Waals surface area contributed by atoms with Gasteiger partial charge in [0, 0.05) is 24.2 Å². The van der Waals surface area contributed by atoms with Gasteiger partial charge in [0.25, 0.3) is 0 Å². The molecule has 1 saturated heterocycles. The molecule has 0 saturated carbocycles. The fourth-order valence-electron chi connectivity index (χ4n) is 4.36.